The lowest BCUT2D eigenvalue weighted by atomic mass is 9.87. The SMILES string of the molecule is C/C=C\C=C/c1cc(-c2ccc(-c3ccccc3)cc2)c2ccccc2c1-c1ccc2cc(-c3cn4ccccc4n3)ccc2c1. The summed E-state index contributed by atoms with van der Waals surface area (Å²) in [7, 11) is 0. The molecule has 0 radical (unpaired) electrons. The molecule has 2 heteroatoms. The Morgan fingerprint density at radius 1 is 0.543 bits per heavy atom. The largest absolute Gasteiger partial charge is 0.306 e. The molecule has 8 rings (SSSR count). The number of fused-ring (bicyclic) bond motifs is 3. The molecular weight excluding hydrogens is 556 g/mol. The van der Waals surface area contributed by atoms with Crippen molar-refractivity contribution in [3.63, 3.8) is 0 Å². The minimum absolute atomic E-state index is 0.953. The average molecular weight is 589 g/mol. The molecule has 2 heterocycles. The standard InChI is InChI=1S/C44H32N2/c1-2-3-5-14-37-29-41(33-20-18-32(19-21-33)31-12-6-4-7-13-31)39-15-8-9-16-40(39)44(37)38-25-23-34-27-36(24-22-35(34)28-38)42-30-46-26-11-10-17-43(46)45-42/h2-30H,1H3/b3-2-,14-5-. The van der Waals surface area contributed by atoms with E-state index in [1.165, 1.54) is 60.5 Å². The van der Waals surface area contributed by atoms with Gasteiger partial charge in [-0.25, -0.2) is 4.98 Å². The molecule has 0 N–H and O–H groups in total. The normalized spacial score (nSPS) is 11.8. The van der Waals surface area contributed by atoms with E-state index in [-0.39, 0.29) is 0 Å². The lowest BCUT2D eigenvalue weighted by Crippen LogP contribution is -1.91. The monoisotopic (exact) mass is 588 g/mol. The van der Waals surface area contributed by atoms with Crippen LogP contribution in [0.1, 0.15) is 12.5 Å². The van der Waals surface area contributed by atoms with Crippen LogP contribution in [0.25, 0.3) is 77.9 Å². The fourth-order valence-electron chi connectivity index (χ4n) is 6.47. The topological polar surface area (TPSA) is 17.3 Å². The van der Waals surface area contributed by atoms with Crippen LogP contribution in [-0.4, -0.2) is 9.38 Å². The molecule has 0 atom stereocenters. The Morgan fingerprint density at radius 3 is 1.98 bits per heavy atom. The Kier molecular flexibility index (Phi) is 7.09. The highest BCUT2D eigenvalue weighted by atomic mass is 15.0. The van der Waals surface area contributed by atoms with Gasteiger partial charge in [-0.05, 0) is 97.7 Å². The molecule has 46 heavy (non-hydrogen) atoms. The number of rotatable bonds is 6. The Balaban J connectivity index is 1.25. The Labute approximate surface area is 269 Å². The lowest BCUT2D eigenvalue weighted by molar-refractivity contribution is 1.19. The van der Waals surface area contributed by atoms with E-state index in [9.17, 15) is 0 Å². The van der Waals surface area contributed by atoms with E-state index < -0.39 is 0 Å². The molecule has 0 saturated heterocycles. The van der Waals surface area contributed by atoms with Crippen LogP contribution in [0.5, 0.6) is 0 Å². The fourth-order valence-corrected chi connectivity index (χ4v) is 6.47. The van der Waals surface area contributed by atoms with Crippen LogP contribution >= 0.6 is 0 Å². The summed E-state index contributed by atoms with van der Waals surface area (Å²) in [5, 5.41) is 4.89. The smallest absolute Gasteiger partial charge is 0.137 e. The zero-order valence-electron chi connectivity index (χ0n) is 25.6. The predicted molar refractivity (Wildman–Crippen MR) is 196 cm³/mol. The van der Waals surface area contributed by atoms with Gasteiger partial charge in [0.2, 0.25) is 0 Å². The Bertz CT molecular complexity index is 2380. The van der Waals surface area contributed by atoms with Crippen LogP contribution in [0.2, 0.25) is 0 Å². The first-order chi connectivity index (χ1) is 22.7. The van der Waals surface area contributed by atoms with Gasteiger partial charge < -0.3 is 4.40 Å². The van der Waals surface area contributed by atoms with Gasteiger partial charge in [-0.3, -0.25) is 0 Å². The summed E-state index contributed by atoms with van der Waals surface area (Å²) in [4.78, 5) is 4.84. The number of benzene rings is 6. The zero-order chi connectivity index (χ0) is 30.9. The van der Waals surface area contributed by atoms with Crippen molar-refractivity contribution >= 4 is 33.3 Å². The third-order valence-electron chi connectivity index (χ3n) is 8.75. The molecule has 2 nitrogen and oxygen atoms in total. The van der Waals surface area contributed by atoms with Crippen LogP contribution in [0.4, 0.5) is 0 Å². The van der Waals surface area contributed by atoms with E-state index in [0.29, 0.717) is 0 Å². The summed E-state index contributed by atoms with van der Waals surface area (Å²) < 4.78 is 2.07. The van der Waals surface area contributed by atoms with Gasteiger partial charge in [0.25, 0.3) is 0 Å². The van der Waals surface area contributed by atoms with Crippen molar-refractivity contribution in [1.82, 2.24) is 9.38 Å². The van der Waals surface area contributed by atoms with Crippen molar-refractivity contribution in [3.8, 4) is 44.6 Å². The van der Waals surface area contributed by atoms with Crippen molar-refractivity contribution in [2.24, 2.45) is 0 Å². The van der Waals surface area contributed by atoms with Crippen LogP contribution in [0.3, 0.4) is 0 Å². The predicted octanol–water partition coefficient (Wildman–Crippen LogP) is 11.9. The van der Waals surface area contributed by atoms with E-state index in [0.717, 1.165) is 16.9 Å². The summed E-state index contributed by atoms with van der Waals surface area (Å²) in [6, 6.07) is 50.2. The number of allylic oxidation sites excluding steroid dienone is 3. The maximum atomic E-state index is 4.84. The van der Waals surface area contributed by atoms with Gasteiger partial charge in [0, 0.05) is 18.0 Å². The molecule has 0 amide bonds. The Hall–Kier alpha value is -5.99. The number of hydrogen-bond donors (Lipinski definition) is 0. The fraction of sp³-hybridized carbons (Fsp3) is 0.0227. The molecule has 0 fully saturated rings. The van der Waals surface area contributed by atoms with Crippen molar-refractivity contribution < 1.29 is 0 Å². The van der Waals surface area contributed by atoms with E-state index in [2.05, 4.69) is 163 Å². The summed E-state index contributed by atoms with van der Waals surface area (Å²) in [5.74, 6) is 0. The van der Waals surface area contributed by atoms with Crippen molar-refractivity contribution in [3.05, 3.63) is 176 Å². The number of nitrogens with zero attached hydrogens (tertiary/aromatic N) is 2. The first-order valence-corrected chi connectivity index (χ1v) is 15.7. The van der Waals surface area contributed by atoms with Crippen LogP contribution in [0, 0.1) is 0 Å². The van der Waals surface area contributed by atoms with Gasteiger partial charge in [-0.15, -0.1) is 0 Å². The molecule has 0 aliphatic carbocycles. The average Bonchev–Trinajstić information content (AvgIpc) is 3.56. The highest BCUT2D eigenvalue weighted by molar-refractivity contribution is 6.09. The maximum Gasteiger partial charge on any atom is 0.137 e. The van der Waals surface area contributed by atoms with Crippen LogP contribution < -0.4 is 0 Å². The second-order valence-corrected chi connectivity index (χ2v) is 11.6. The number of imidazole rings is 1. The van der Waals surface area contributed by atoms with Crippen LogP contribution in [-0.2, 0) is 0 Å². The second kappa shape index (κ2) is 11.8. The number of hydrogen-bond acceptors (Lipinski definition) is 1. The Morgan fingerprint density at radius 2 is 1.20 bits per heavy atom. The van der Waals surface area contributed by atoms with Crippen molar-refractivity contribution in [2.75, 3.05) is 0 Å². The lowest BCUT2D eigenvalue weighted by Gasteiger charge is -2.17. The minimum atomic E-state index is 0.953. The van der Waals surface area contributed by atoms with Gasteiger partial charge in [0.15, 0.2) is 0 Å². The summed E-state index contributed by atoms with van der Waals surface area (Å²) in [6.07, 6.45) is 12.7. The number of pyridine rings is 1. The molecule has 0 spiro atoms. The molecule has 0 bridgehead atoms. The molecule has 0 aliphatic rings. The molecule has 218 valence electrons. The highest BCUT2D eigenvalue weighted by Crippen LogP contribution is 2.41. The van der Waals surface area contributed by atoms with Gasteiger partial charge in [0.1, 0.15) is 5.65 Å². The molecule has 0 aliphatic heterocycles. The van der Waals surface area contributed by atoms with E-state index in [1.807, 2.05) is 24.4 Å². The molecule has 0 saturated carbocycles. The summed E-state index contributed by atoms with van der Waals surface area (Å²) in [5.41, 5.74) is 11.6. The van der Waals surface area contributed by atoms with E-state index >= 15 is 0 Å². The van der Waals surface area contributed by atoms with Gasteiger partial charge in [-0.2, -0.15) is 0 Å². The molecule has 8 aromatic rings. The third-order valence-corrected chi connectivity index (χ3v) is 8.75. The second-order valence-electron chi connectivity index (χ2n) is 11.6. The number of aromatic nitrogens is 2. The molecular formula is C44H32N2. The third kappa shape index (κ3) is 5.10. The van der Waals surface area contributed by atoms with E-state index in [1.54, 1.807) is 0 Å². The first kappa shape index (κ1) is 27.6. The van der Waals surface area contributed by atoms with Crippen LogP contribution in [0.15, 0.2) is 170 Å². The molecule has 2 aromatic heterocycles. The highest BCUT2D eigenvalue weighted by Gasteiger charge is 2.15. The van der Waals surface area contributed by atoms with Gasteiger partial charge in [0.05, 0.1) is 5.69 Å². The van der Waals surface area contributed by atoms with Crippen molar-refractivity contribution in [2.45, 2.75) is 6.92 Å². The minimum Gasteiger partial charge on any atom is -0.306 e. The zero-order valence-corrected chi connectivity index (χ0v) is 25.6. The summed E-state index contributed by atoms with van der Waals surface area (Å²) in [6.45, 7) is 2.05. The molecule has 6 aromatic carbocycles. The maximum absolute atomic E-state index is 4.84. The van der Waals surface area contributed by atoms with Gasteiger partial charge in [-0.1, -0.05) is 133 Å². The first-order valence-electron chi connectivity index (χ1n) is 15.7. The quantitative estimate of drug-likeness (QED) is 0.177. The van der Waals surface area contributed by atoms with E-state index in [4.69, 9.17) is 4.98 Å². The molecule has 0 unspecified atom stereocenters. The van der Waals surface area contributed by atoms with Crippen molar-refractivity contribution in [1.29, 1.82) is 0 Å². The van der Waals surface area contributed by atoms with Gasteiger partial charge >= 0.3 is 0 Å². The summed E-state index contributed by atoms with van der Waals surface area (Å²) >= 11 is 0.